The summed E-state index contributed by atoms with van der Waals surface area (Å²) in [4.78, 5) is 15.1. The fourth-order valence-electron chi connectivity index (χ4n) is 3.66. The topological polar surface area (TPSA) is 32.3 Å². The van der Waals surface area contributed by atoms with Crippen LogP contribution in [0.3, 0.4) is 0 Å². The van der Waals surface area contributed by atoms with Crippen LogP contribution in [0.4, 0.5) is 5.69 Å². The second kappa shape index (κ2) is 5.21. The van der Waals surface area contributed by atoms with E-state index in [1.54, 1.807) is 0 Å². The van der Waals surface area contributed by atoms with Crippen molar-refractivity contribution in [3.63, 3.8) is 0 Å². The van der Waals surface area contributed by atoms with Crippen LogP contribution < -0.4 is 10.2 Å². The second-order valence-electron chi connectivity index (χ2n) is 6.73. The minimum Gasteiger partial charge on any atom is -0.311 e. The van der Waals surface area contributed by atoms with Crippen molar-refractivity contribution < 1.29 is 4.79 Å². The Balaban J connectivity index is 1.91. The molecule has 1 fully saturated rings. The zero-order valence-corrected chi connectivity index (χ0v) is 12.5. The summed E-state index contributed by atoms with van der Waals surface area (Å²) < 4.78 is 0. The Morgan fingerprint density at radius 1 is 1.35 bits per heavy atom. The minimum atomic E-state index is 0.145. The molecule has 1 N–H and O–H groups in total. The molecule has 0 saturated heterocycles. The predicted molar refractivity (Wildman–Crippen MR) is 81.6 cm³/mol. The molecule has 1 aliphatic carbocycles. The highest BCUT2D eigenvalue weighted by molar-refractivity contribution is 5.96. The molecule has 1 aromatic carbocycles. The van der Waals surface area contributed by atoms with E-state index in [9.17, 15) is 4.79 Å². The van der Waals surface area contributed by atoms with Crippen LogP contribution in [0, 0.1) is 11.3 Å². The largest absolute Gasteiger partial charge is 0.311 e. The third-order valence-electron chi connectivity index (χ3n) is 4.93. The van der Waals surface area contributed by atoms with Crippen molar-refractivity contribution in [2.75, 3.05) is 18.0 Å². The van der Waals surface area contributed by atoms with Crippen LogP contribution in [0.25, 0.3) is 0 Å². The molecule has 3 nitrogen and oxygen atoms in total. The number of carbonyl (C=O) groups excluding carboxylic acids is 1. The molecule has 3 heteroatoms. The van der Waals surface area contributed by atoms with Crippen molar-refractivity contribution in [3.05, 3.63) is 29.8 Å². The van der Waals surface area contributed by atoms with Gasteiger partial charge in [0, 0.05) is 31.2 Å². The highest BCUT2D eigenvalue weighted by Crippen LogP contribution is 2.44. The summed E-state index contributed by atoms with van der Waals surface area (Å²) in [5, 5.41) is 3.41. The maximum absolute atomic E-state index is 13.0. The molecule has 1 saturated carbocycles. The fraction of sp³-hybridized carbons (Fsp3) is 0.588. The third kappa shape index (κ3) is 2.35. The smallest absolute Gasteiger partial charge is 0.230 e. The van der Waals surface area contributed by atoms with Crippen LogP contribution in [0.15, 0.2) is 24.3 Å². The number of carbonyl (C=O) groups is 1. The van der Waals surface area contributed by atoms with Gasteiger partial charge in [-0.15, -0.1) is 0 Å². The van der Waals surface area contributed by atoms with E-state index in [-0.39, 0.29) is 11.3 Å². The van der Waals surface area contributed by atoms with Gasteiger partial charge in [-0.2, -0.15) is 0 Å². The molecule has 1 heterocycles. The summed E-state index contributed by atoms with van der Waals surface area (Å²) >= 11 is 0. The molecule has 1 amide bonds. The van der Waals surface area contributed by atoms with E-state index in [0.29, 0.717) is 5.91 Å². The molecule has 0 spiro atoms. The van der Waals surface area contributed by atoms with Crippen LogP contribution in [0.1, 0.15) is 38.7 Å². The molecule has 3 rings (SSSR count). The Hall–Kier alpha value is -1.35. The van der Waals surface area contributed by atoms with E-state index in [1.807, 2.05) is 17.0 Å². The number of benzene rings is 1. The normalized spacial score (nSPS) is 25.1. The summed E-state index contributed by atoms with van der Waals surface area (Å²) in [6, 6.07) is 8.29. The van der Waals surface area contributed by atoms with E-state index in [0.717, 1.165) is 38.2 Å². The molecule has 0 bridgehead atoms. The lowest BCUT2D eigenvalue weighted by atomic mass is 9.81. The molecular formula is C17H24N2O. The van der Waals surface area contributed by atoms with Gasteiger partial charge in [0.2, 0.25) is 5.91 Å². The Morgan fingerprint density at radius 3 is 2.90 bits per heavy atom. The Labute approximate surface area is 121 Å². The van der Waals surface area contributed by atoms with Gasteiger partial charge in [-0.25, -0.2) is 0 Å². The van der Waals surface area contributed by atoms with Crippen molar-refractivity contribution >= 4 is 11.6 Å². The zero-order chi connectivity index (χ0) is 14.2. The average Bonchev–Trinajstić information content (AvgIpc) is 2.67. The SMILES string of the molecule is CC1(C)CCCC1C(=O)N1CCNCc2ccccc21. The van der Waals surface area contributed by atoms with Crippen molar-refractivity contribution in [3.8, 4) is 0 Å². The van der Waals surface area contributed by atoms with Crippen LogP contribution in [0.2, 0.25) is 0 Å². The second-order valence-corrected chi connectivity index (χ2v) is 6.73. The lowest BCUT2D eigenvalue weighted by molar-refractivity contribution is -0.124. The van der Waals surface area contributed by atoms with Crippen molar-refractivity contribution in [2.24, 2.45) is 11.3 Å². The summed E-state index contributed by atoms with van der Waals surface area (Å²) in [5.74, 6) is 0.498. The first-order valence-electron chi connectivity index (χ1n) is 7.69. The van der Waals surface area contributed by atoms with Crippen LogP contribution >= 0.6 is 0 Å². The van der Waals surface area contributed by atoms with Gasteiger partial charge in [0.1, 0.15) is 0 Å². The molecule has 2 aliphatic rings. The molecule has 0 aromatic heterocycles. The van der Waals surface area contributed by atoms with Gasteiger partial charge in [-0.05, 0) is 29.9 Å². The average molecular weight is 272 g/mol. The Morgan fingerprint density at radius 2 is 2.15 bits per heavy atom. The first kappa shape index (κ1) is 13.6. The Bertz CT molecular complexity index is 509. The summed E-state index contributed by atoms with van der Waals surface area (Å²) in [6.07, 6.45) is 3.38. The molecule has 1 atom stereocenters. The number of rotatable bonds is 1. The summed E-state index contributed by atoms with van der Waals surface area (Å²) in [5.41, 5.74) is 2.48. The number of nitrogens with one attached hydrogen (secondary N) is 1. The van der Waals surface area contributed by atoms with Crippen LogP contribution in [-0.4, -0.2) is 19.0 Å². The van der Waals surface area contributed by atoms with Gasteiger partial charge in [-0.1, -0.05) is 38.5 Å². The van der Waals surface area contributed by atoms with E-state index in [2.05, 4.69) is 31.3 Å². The number of fused-ring (bicyclic) bond motifs is 1. The third-order valence-corrected chi connectivity index (χ3v) is 4.93. The highest BCUT2D eigenvalue weighted by atomic mass is 16.2. The van der Waals surface area contributed by atoms with Crippen LogP contribution in [0.5, 0.6) is 0 Å². The van der Waals surface area contributed by atoms with Gasteiger partial charge in [-0.3, -0.25) is 4.79 Å². The highest BCUT2D eigenvalue weighted by Gasteiger charge is 2.41. The van der Waals surface area contributed by atoms with Crippen molar-refractivity contribution in [1.29, 1.82) is 0 Å². The maximum atomic E-state index is 13.0. The van der Waals surface area contributed by atoms with E-state index < -0.39 is 0 Å². The number of hydrogen-bond acceptors (Lipinski definition) is 2. The van der Waals surface area contributed by atoms with Gasteiger partial charge >= 0.3 is 0 Å². The lowest BCUT2D eigenvalue weighted by Crippen LogP contribution is -2.42. The van der Waals surface area contributed by atoms with Gasteiger partial charge < -0.3 is 10.2 Å². The summed E-state index contributed by atoms with van der Waals surface area (Å²) in [7, 11) is 0. The molecule has 1 aliphatic heterocycles. The van der Waals surface area contributed by atoms with Gasteiger partial charge in [0.05, 0.1) is 0 Å². The van der Waals surface area contributed by atoms with Gasteiger partial charge in [0.25, 0.3) is 0 Å². The van der Waals surface area contributed by atoms with Crippen LogP contribution in [-0.2, 0) is 11.3 Å². The summed E-state index contributed by atoms with van der Waals surface area (Å²) in [6.45, 7) is 6.99. The molecular weight excluding hydrogens is 248 g/mol. The molecule has 108 valence electrons. The molecule has 0 radical (unpaired) electrons. The fourth-order valence-corrected chi connectivity index (χ4v) is 3.66. The number of nitrogens with zero attached hydrogens (tertiary/aromatic N) is 1. The first-order chi connectivity index (χ1) is 9.59. The zero-order valence-electron chi connectivity index (χ0n) is 12.5. The lowest BCUT2D eigenvalue weighted by Gasteiger charge is -2.32. The van der Waals surface area contributed by atoms with Gasteiger partial charge in [0.15, 0.2) is 0 Å². The minimum absolute atomic E-state index is 0.145. The van der Waals surface area contributed by atoms with Crippen molar-refractivity contribution in [1.82, 2.24) is 5.32 Å². The number of anilines is 1. The number of hydrogen-bond donors (Lipinski definition) is 1. The van der Waals surface area contributed by atoms with E-state index in [4.69, 9.17) is 0 Å². The first-order valence-corrected chi connectivity index (χ1v) is 7.69. The molecule has 1 unspecified atom stereocenters. The predicted octanol–water partition coefficient (Wildman–Crippen LogP) is 2.95. The molecule has 1 aromatic rings. The maximum Gasteiger partial charge on any atom is 0.230 e. The van der Waals surface area contributed by atoms with E-state index >= 15 is 0 Å². The van der Waals surface area contributed by atoms with Crippen molar-refractivity contribution in [2.45, 2.75) is 39.7 Å². The number of para-hydroxylation sites is 1. The number of amides is 1. The standard InChI is InChI=1S/C17H24N2O/c1-17(2)9-5-7-14(17)16(20)19-11-10-18-12-13-6-3-4-8-15(13)19/h3-4,6,8,14,18H,5,7,9-12H2,1-2H3. The Kier molecular flexibility index (Phi) is 3.55. The quantitative estimate of drug-likeness (QED) is 0.852. The van der Waals surface area contributed by atoms with E-state index in [1.165, 1.54) is 12.0 Å². The molecule has 20 heavy (non-hydrogen) atoms. The monoisotopic (exact) mass is 272 g/mol.